The minimum Gasteiger partial charge on any atom is -0.508 e. The van der Waals surface area contributed by atoms with Gasteiger partial charge in [-0.25, -0.2) is 0 Å². The van der Waals surface area contributed by atoms with E-state index in [0.717, 1.165) is 74.0 Å². The van der Waals surface area contributed by atoms with Crippen LogP contribution < -0.4 is 0 Å². The Morgan fingerprint density at radius 1 is 0.586 bits per heavy atom. The second-order valence-electron chi connectivity index (χ2n) is 6.87. The average molecular weight is 407 g/mol. The summed E-state index contributed by atoms with van der Waals surface area (Å²) in [4.78, 5) is 0. The van der Waals surface area contributed by atoms with Gasteiger partial charge in [0, 0.05) is 12.8 Å². The molecule has 0 aliphatic carbocycles. The van der Waals surface area contributed by atoms with Gasteiger partial charge in [0.15, 0.2) is 0 Å². The van der Waals surface area contributed by atoms with Crippen molar-refractivity contribution in [3.63, 3.8) is 0 Å². The van der Waals surface area contributed by atoms with Crippen molar-refractivity contribution in [2.75, 3.05) is 11.5 Å². The van der Waals surface area contributed by atoms with E-state index in [1.807, 2.05) is 36.4 Å². The van der Waals surface area contributed by atoms with E-state index < -0.39 is 0 Å². The van der Waals surface area contributed by atoms with Crippen LogP contribution in [0.5, 0.6) is 11.5 Å². The van der Waals surface area contributed by atoms with Gasteiger partial charge in [0.25, 0.3) is 0 Å². The Morgan fingerprint density at radius 2 is 1.03 bits per heavy atom. The van der Waals surface area contributed by atoms with Crippen LogP contribution in [-0.2, 0) is 12.8 Å². The highest BCUT2D eigenvalue weighted by Gasteiger charge is 1.99. The van der Waals surface area contributed by atoms with Crippen LogP contribution in [0.3, 0.4) is 0 Å². The number of hydrogen-bond donors (Lipinski definition) is 2. The van der Waals surface area contributed by atoms with Gasteiger partial charge in [-0.1, -0.05) is 48.2 Å². The first-order valence-corrected chi connectivity index (χ1v) is 11.5. The van der Waals surface area contributed by atoms with E-state index in [1.165, 1.54) is 0 Å². The molecule has 2 aromatic carbocycles. The van der Waals surface area contributed by atoms with Crippen LogP contribution in [0.2, 0.25) is 0 Å². The van der Waals surface area contributed by atoms with Crippen molar-refractivity contribution in [3.8, 4) is 35.2 Å². The third-order valence-corrected chi connectivity index (χ3v) is 5.27. The Labute approximate surface area is 179 Å². The summed E-state index contributed by atoms with van der Waals surface area (Å²) in [5.74, 6) is 15.3. The van der Waals surface area contributed by atoms with Gasteiger partial charge in [0.2, 0.25) is 0 Å². The zero-order chi connectivity index (χ0) is 20.6. The second-order valence-corrected chi connectivity index (χ2v) is 7.86. The Bertz CT molecular complexity index is 780. The first-order chi connectivity index (χ1) is 14.3. The fourth-order valence-corrected chi connectivity index (χ4v) is 3.44. The Hall–Kier alpha value is -2.49. The second kappa shape index (κ2) is 14.5. The third kappa shape index (κ3) is 10.0. The summed E-state index contributed by atoms with van der Waals surface area (Å²) >= 11 is 1.77. The highest BCUT2D eigenvalue weighted by Crippen LogP contribution is 2.19. The Balaban J connectivity index is 1.42. The van der Waals surface area contributed by atoms with Crippen LogP contribution in [0.4, 0.5) is 0 Å². The summed E-state index contributed by atoms with van der Waals surface area (Å²) in [6.45, 7) is 0. The van der Waals surface area contributed by atoms with E-state index in [-0.39, 0.29) is 0 Å². The largest absolute Gasteiger partial charge is 0.508 e. The van der Waals surface area contributed by atoms with Gasteiger partial charge in [-0.15, -0.1) is 23.6 Å². The van der Waals surface area contributed by atoms with Crippen molar-refractivity contribution < 1.29 is 10.2 Å². The van der Waals surface area contributed by atoms with E-state index in [1.54, 1.807) is 23.9 Å². The summed E-state index contributed by atoms with van der Waals surface area (Å²) < 4.78 is 0. The monoisotopic (exact) mass is 406 g/mol. The average Bonchev–Trinajstić information content (AvgIpc) is 2.73. The number of para-hydroxylation sites is 2. The van der Waals surface area contributed by atoms with Crippen molar-refractivity contribution in [3.05, 3.63) is 59.7 Å². The van der Waals surface area contributed by atoms with Crippen LogP contribution >= 0.6 is 11.8 Å². The van der Waals surface area contributed by atoms with Crippen LogP contribution in [0, 0.1) is 23.7 Å². The fraction of sp³-hybridized carbons (Fsp3) is 0.385. The molecule has 2 rings (SSSR count). The van der Waals surface area contributed by atoms with Crippen molar-refractivity contribution in [1.29, 1.82) is 0 Å². The number of aryl methyl sites for hydroxylation is 2. The molecule has 0 amide bonds. The quantitative estimate of drug-likeness (QED) is 0.378. The maximum Gasteiger partial charge on any atom is 0.118 e. The van der Waals surface area contributed by atoms with Gasteiger partial charge >= 0.3 is 0 Å². The predicted octanol–water partition coefficient (Wildman–Crippen LogP) is 5.96. The molecule has 0 saturated heterocycles. The smallest absolute Gasteiger partial charge is 0.118 e. The molecule has 29 heavy (non-hydrogen) atoms. The lowest BCUT2D eigenvalue weighted by Gasteiger charge is -2.02. The van der Waals surface area contributed by atoms with Crippen molar-refractivity contribution in [2.24, 2.45) is 0 Å². The number of rotatable bonds is 10. The summed E-state index contributed by atoms with van der Waals surface area (Å²) in [6.07, 6.45) is 7.87. The molecule has 0 aliphatic heterocycles. The predicted molar refractivity (Wildman–Crippen MR) is 124 cm³/mol. The SMILES string of the molecule is Oc1ccccc1CCCCC#CCSCC#CCCCCc1ccccc1O. The molecule has 0 aliphatic rings. The zero-order valence-electron chi connectivity index (χ0n) is 17.0. The molecule has 0 unspecified atom stereocenters. The van der Waals surface area contributed by atoms with Crippen molar-refractivity contribution in [1.82, 2.24) is 0 Å². The normalized spacial score (nSPS) is 9.93. The molecule has 152 valence electrons. The van der Waals surface area contributed by atoms with E-state index in [2.05, 4.69) is 23.7 Å². The first kappa shape index (κ1) is 22.8. The summed E-state index contributed by atoms with van der Waals surface area (Å²) in [6, 6.07) is 15.1. The number of aromatic hydroxyl groups is 2. The molecule has 0 heterocycles. The van der Waals surface area contributed by atoms with Gasteiger partial charge < -0.3 is 10.2 Å². The summed E-state index contributed by atoms with van der Waals surface area (Å²) in [5.41, 5.74) is 2.04. The molecule has 0 spiro atoms. The molecular weight excluding hydrogens is 376 g/mol. The lowest BCUT2D eigenvalue weighted by molar-refractivity contribution is 0.466. The minimum absolute atomic E-state index is 0.395. The number of phenols is 2. The maximum absolute atomic E-state index is 9.72. The molecule has 2 aromatic rings. The number of unbranched alkanes of at least 4 members (excludes halogenated alkanes) is 4. The topological polar surface area (TPSA) is 40.5 Å². The molecule has 3 heteroatoms. The van der Waals surface area contributed by atoms with Crippen LogP contribution in [-0.4, -0.2) is 21.7 Å². The van der Waals surface area contributed by atoms with E-state index in [9.17, 15) is 10.2 Å². The number of benzene rings is 2. The number of hydrogen-bond acceptors (Lipinski definition) is 3. The summed E-state index contributed by atoms with van der Waals surface area (Å²) in [7, 11) is 0. The number of thioether (sulfide) groups is 1. The highest BCUT2D eigenvalue weighted by atomic mass is 32.2. The molecule has 2 N–H and O–H groups in total. The van der Waals surface area contributed by atoms with Gasteiger partial charge in [-0.05, 0) is 61.8 Å². The van der Waals surface area contributed by atoms with Gasteiger partial charge in [0.1, 0.15) is 11.5 Å². The maximum atomic E-state index is 9.72. The van der Waals surface area contributed by atoms with Gasteiger partial charge in [-0.2, -0.15) is 0 Å². The van der Waals surface area contributed by atoms with Crippen LogP contribution in [0.1, 0.15) is 49.7 Å². The van der Waals surface area contributed by atoms with Crippen LogP contribution in [0.15, 0.2) is 48.5 Å². The van der Waals surface area contributed by atoms with Crippen molar-refractivity contribution >= 4 is 11.8 Å². The van der Waals surface area contributed by atoms with Crippen molar-refractivity contribution in [2.45, 2.75) is 51.4 Å². The third-order valence-electron chi connectivity index (χ3n) is 4.58. The first-order valence-electron chi connectivity index (χ1n) is 10.3. The highest BCUT2D eigenvalue weighted by molar-refractivity contribution is 7.99. The molecule has 0 fully saturated rings. The molecule has 0 radical (unpaired) electrons. The molecule has 0 atom stereocenters. The molecular formula is C26H30O2S. The standard InChI is InChI=1S/C26H30O2S/c27-25-19-11-9-17-23(25)15-7-3-1-5-13-21-29-22-14-6-2-4-8-16-24-18-10-12-20-26(24)28/h9-12,17-20,27-28H,1-4,7-8,15-16,21-22H2. The van der Waals surface area contributed by atoms with E-state index in [4.69, 9.17) is 0 Å². The Kier molecular flexibility index (Phi) is 11.4. The van der Waals surface area contributed by atoms with E-state index >= 15 is 0 Å². The van der Waals surface area contributed by atoms with Gasteiger partial charge in [-0.3, -0.25) is 0 Å². The van der Waals surface area contributed by atoms with E-state index in [0.29, 0.717) is 11.5 Å². The number of phenolic OH excluding ortho intramolecular Hbond substituents is 2. The Morgan fingerprint density at radius 3 is 1.48 bits per heavy atom. The lowest BCUT2D eigenvalue weighted by Crippen LogP contribution is -1.86. The molecule has 0 aromatic heterocycles. The summed E-state index contributed by atoms with van der Waals surface area (Å²) in [5, 5.41) is 19.4. The molecule has 2 nitrogen and oxygen atoms in total. The molecule has 0 saturated carbocycles. The minimum atomic E-state index is 0.395. The van der Waals surface area contributed by atoms with Crippen LogP contribution in [0.25, 0.3) is 0 Å². The molecule has 0 bridgehead atoms. The lowest BCUT2D eigenvalue weighted by atomic mass is 10.1. The van der Waals surface area contributed by atoms with Gasteiger partial charge in [0.05, 0.1) is 11.5 Å². The fourth-order valence-electron chi connectivity index (χ4n) is 2.93. The zero-order valence-corrected chi connectivity index (χ0v) is 17.8.